The van der Waals surface area contributed by atoms with E-state index in [-0.39, 0.29) is 17.0 Å². The number of hydrogen-bond donors (Lipinski definition) is 0. The van der Waals surface area contributed by atoms with Gasteiger partial charge in [0.15, 0.2) is 11.9 Å². The maximum absolute atomic E-state index is 11.9. The highest BCUT2D eigenvalue weighted by molar-refractivity contribution is 5.96. The van der Waals surface area contributed by atoms with Gasteiger partial charge in [-0.05, 0) is 25.3 Å². The van der Waals surface area contributed by atoms with Gasteiger partial charge >= 0.3 is 5.97 Å². The van der Waals surface area contributed by atoms with Crippen LogP contribution in [-0.4, -0.2) is 22.8 Å². The molecule has 0 saturated heterocycles. The number of nitro groups is 1. The average molecular weight is 263 g/mol. The number of esters is 1. The van der Waals surface area contributed by atoms with Crippen molar-refractivity contribution in [2.75, 3.05) is 0 Å². The highest BCUT2D eigenvalue weighted by Crippen LogP contribution is 2.22. The fourth-order valence-electron chi connectivity index (χ4n) is 2.07. The lowest BCUT2D eigenvalue weighted by Crippen LogP contribution is -2.30. The number of rotatable bonds is 3. The van der Waals surface area contributed by atoms with Gasteiger partial charge in [-0.25, -0.2) is 4.79 Å². The predicted molar refractivity (Wildman–Crippen MR) is 65.8 cm³/mol. The number of carbonyl (C=O) groups is 2. The van der Waals surface area contributed by atoms with Crippen LogP contribution in [0, 0.1) is 10.1 Å². The number of carbonyl (C=O) groups excluding carboxylic acids is 2. The number of benzene rings is 1. The number of para-hydroxylation sites is 1. The van der Waals surface area contributed by atoms with E-state index in [1.807, 2.05) is 0 Å². The van der Waals surface area contributed by atoms with Crippen molar-refractivity contribution in [1.29, 1.82) is 0 Å². The Morgan fingerprint density at radius 3 is 2.74 bits per heavy atom. The van der Waals surface area contributed by atoms with Crippen LogP contribution in [0.5, 0.6) is 0 Å². The molecule has 0 radical (unpaired) electrons. The Morgan fingerprint density at radius 1 is 1.32 bits per heavy atom. The zero-order valence-corrected chi connectivity index (χ0v) is 10.2. The largest absolute Gasteiger partial charge is 0.451 e. The van der Waals surface area contributed by atoms with Crippen LogP contribution >= 0.6 is 0 Å². The Kier molecular flexibility index (Phi) is 3.89. The van der Waals surface area contributed by atoms with E-state index >= 15 is 0 Å². The lowest BCUT2D eigenvalue weighted by molar-refractivity contribution is -0.385. The van der Waals surface area contributed by atoms with Gasteiger partial charge in [-0.1, -0.05) is 12.1 Å². The van der Waals surface area contributed by atoms with Gasteiger partial charge in [-0.2, -0.15) is 0 Å². The van der Waals surface area contributed by atoms with Gasteiger partial charge in [0.1, 0.15) is 5.56 Å². The summed E-state index contributed by atoms with van der Waals surface area (Å²) in [6, 6.07) is 5.56. The lowest BCUT2D eigenvalue weighted by atomic mass is 9.96. The van der Waals surface area contributed by atoms with Crippen LogP contribution in [0.25, 0.3) is 0 Å². The molecule has 1 fully saturated rings. The van der Waals surface area contributed by atoms with E-state index in [0.29, 0.717) is 12.8 Å². The molecule has 0 bridgehead atoms. The Morgan fingerprint density at radius 2 is 2.05 bits per heavy atom. The van der Waals surface area contributed by atoms with Gasteiger partial charge in [0, 0.05) is 12.5 Å². The maximum Gasteiger partial charge on any atom is 0.345 e. The molecular formula is C13H13NO5. The summed E-state index contributed by atoms with van der Waals surface area (Å²) in [6.45, 7) is 0. The smallest absolute Gasteiger partial charge is 0.345 e. The minimum atomic E-state index is -0.812. The van der Waals surface area contributed by atoms with E-state index in [0.717, 1.165) is 12.8 Å². The molecule has 0 heterocycles. The van der Waals surface area contributed by atoms with Crippen molar-refractivity contribution in [1.82, 2.24) is 0 Å². The monoisotopic (exact) mass is 263 g/mol. The second kappa shape index (κ2) is 5.60. The standard InChI is InChI=1S/C13H13NO5/c15-11-7-3-4-8-12(11)19-13(16)9-5-1-2-6-10(9)14(17)18/h1-2,5-6,12H,3-4,7-8H2. The predicted octanol–water partition coefficient (Wildman–Crippen LogP) is 2.26. The van der Waals surface area contributed by atoms with Crippen molar-refractivity contribution < 1.29 is 19.2 Å². The molecule has 1 aliphatic rings. The maximum atomic E-state index is 11.9. The summed E-state index contributed by atoms with van der Waals surface area (Å²) in [4.78, 5) is 33.6. The molecule has 6 nitrogen and oxygen atoms in total. The zero-order chi connectivity index (χ0) is 13.8. The second-order valence-corrected chi connectivity index (χ2v) is 4.38. The Balaban J connectivity index is 2.16. The van der Waals surface area contributed by atoms with Crippen LogP contribution < -0.4 is 0 Å². The molecule has 1 aliphatic carbocycles. The van der Waals surface area contributed by atoms with Crippen molar-refractivity contribution in [3.8, 4) is 0 Å². The van der Waals surface area contributed by atoms with Gasteiger partial charge in [-0.3, -0.25) is 14.9 Å². The summed E-state index contributed by atoms with van der Waals surface area (Å²) in [6.07, 6.45) is 1.75. The fourth-order valence-corrected chi connectivity index (χ4v) is 2.07. The number of ketones is 1. The molecule has 1 atom stereocenters. The molecule has 0 aliphatic heterocycles. The third-order valence-corrected chi connectivity index (χ3v) is 3.07. The highest BCUT2D eigenvalue weighted by Gasteiger charge is 2.28. The summed E-state index contributed by atoms with van der Waals surface area (Å²) in [7, 11) is 0. The van der Waals surface area contributed by atoms with Crippen LogP contribution in [0.15, 0.2) is 24.3 Å². The number of nitrogens with zero attached hydrogens (tertiary/aromatic N) is 1. The van der Waals surface area contributed by atoms with E-state index in [9.17, 15) is 19.7 Å². The van der Waals surface area contributed by atoms with Crippen molar-refractivity contribution in [2.24, 2.45) is 0 Å². The second-order valence-electron chi connectivity index (χ2n) is 4.38. The van der Waals surface area contributed by atoms with Crippen LogP contribution in [0.3, 0.4) is 0 Å². The summed E-state index contributed by atoms with van der Waals surface area (Å²) in [5, 5.41) is 10.8. The molecular weight excluding hydrogens is 250 g/mol. The fraction of sp³-hybridized carbons (Fsp3) is 0.385. The quantitative estimate of drug-likeness (QED) is 0.474. The van der Waals surface area contributed by atoms with E-state index in [1.54, 1.807) is 0 Å². The minimum absolute atomic E-state index is 0.113. The van der Waals surface area contributed by atoms with E-state index in [2.05, 4.69) is 0 Å². The van der Waals surface area contributed by atoms with E-state index in [1.165, 1.54) is 24.3 Å². The molecule has 0 aromatic heterocycles. The molecule has 1 saturated carbocycles. The third kappa shape index (κ3) is 2.96. The van der Waals surface area contributed by atoms with Crippen molar-refractivity contribution in [3.05, 3.63) is 39.9 Å². The SMILES string of the molecule is O=C(OC1CCCCC1=O)c1ccccc1[N+](=O)[O-]. The Bertz CT molecular complexity index is 526. The highest BCUT2D eigenvalue weighted by atomic mass is 16.6. The molecule has 0 N–H and O–H groups in total. The Hall–Kier alpha value is -2.24. The van der Waals surface area contributed by atoms with E-state index in [4.69, 9.17) is 4.74 Å². The van der Waals surface area contributed by atoms with Gasteiger partial charge in [-0.15, -0.1) is 0 Å². The molecule has 1 aromatic rings. The van der Waals surface area contributed by atoms with Gasteiger partial charge in [0.2, 0.25) is 0 Å². The molecule has 100 valence electrons. The van der Waals surface area contributed by atoms with Crippen molar-refractivity contribution >= 4 is 17.4 Å². The van der Waals surface area contributed by atoms with Crippen LogP contribution in [0.2, 0.25) is 0 Å². The van der Waals surface area contributed by atoms with Gasteiger partial charge < -0.3 is 4.74 Å². The molecule has 1 aromatic carbocycles. The minimum Gasteiger partial charge on any atom is -0.451 e. The molecule has 19 heavy (non-hydrogen) atoms. The van der Waals surface area contributed by atoms with Crippen LogP contribution in [0.1, 0.15) is 36.0 Å². The number of nitro benzene ring substituents is 1. The average Bonchev–Trinajstić information content (AvgIpc) is 2.41. The first kappa shape index (κ1) is 13.2. The first-order valence-corrected chi connectivity index (χ1v) is 6.06. The van der Waals surface area contributed by atoms with Crippen LogP contribution in [-0.2, 0) is 9.53 Å². The first-order valence-electron chi connectivity index (χ1n) is 6.06. The summed E-state index contributed by atoms with van der Waals surface area (Å²) in [5.74, 6) is -0.925. The molecule has 2 rings (SSSR count). The van der Waals surface area contributed by atoms with Gasteiger partial charge in [0.25, 0.3) is 5.69 Å². The number of Topliss-reactive ketones (excluding diaryl/α,β-unsaturated/α-hetero) is 1. The zero-order valence-electron chi connectivity index (χ0n) is 10.2. The number of hydrogen-bond acceptors (Lipinski definition) is 5. The van der Waals surface area contributed by atoms with E-state index < -0.39 is 17.0 Å². The first-order chi connectivity index (χ1) is 9.09. The van der Waals surface area contributed by atoms with Crippen molar-refractivity contribution in [3.63, 3.8) is 0 Å². The number of ether oxygens (including phenoxy) is 1. The van der Waals surface area contributed by atoms with Crippen molar-refractivity contribution in [2.45, 2.75) is 31.8 Å². The summed E-state index contributed by atoms with van der Waals surface area (Å²) < 4.78 is 5.09. The van der Waals surface area contributed by atoms with Gasteiger partial charge in [0.05, 0.1) is 4.92 Å². The lowest BCUT2D eigenvalue weighted by Gasteiger charge is -2.20. The summed E-state index contributed by atoms with van der Waals surface area (Å²) in [5.41, 5.74) is -0.429. The summed E-state index contributed by atoms with van der Waals surface area (Å²) >= 11 is 0. The molecule has 0 amide bonds. The molecule has 6 heteroatoms. The Labute approximate surface area is 109 Å². The molecule has 1 unspecified atom stereocenters. The third-order valence-electron chi connectivity index (χ3n) is 3.07. The normalized spacial score (nSPS) is 18.9. The van der Waals surface area contributed by atoms with Crippen LogP contribution in [0.4, 0.5) is 5.69 Å². The molecule has 0 spiro atoms. The topological polar surface area (TPSA) is 86.5 Å².